The van der Waals surface area contributed by atoms with Crippen molar-refractivity contribution in [1.29, 1.82) is 0 Å². The van der Waals surface area contributed by atoms with Crippen LogP contribution in [0.15, 0.2) is 18.2 Å². The van der Waals surface area contributed by atoms with E-state index in [4.69, 9.17) is 9.84 Å². The Morgan fingerprint density at radius 3 is 2.85 bits per heavy atom. The van der Waals surface area contributed by atoms with E-state index in [1.807, 2.05) is 23.9 Å². The van der Waals surface area contributed by atoms with Crippen molar-refractivity contribution in [3.63, 3.8) is 0 Å². The van der Waals surface area contributed by atoms with E-state index in [2.05, 4.69) is 31.8 Å². The standard InChI is InChI=1S/C17H24O2S/c1-4-14(2)12-20-13-16-11-15(7-5-6-10-18)8-9-17(16)19-3/h8-9,11,14,18H,4,6,10,12-13H2,1-3H3. The van der Waals surface area contributed by atoms with Gasteiger partial charge >= 0.3 is 0 Å². The van der Waals surface area contributed by atoms with Gasteiger partial charge in [0.2, 0.25) is 0 Å². The first-order valence-electron chi connectivity index (χ1n) is 7.05. The molecule has 0 aliphatic heterocycles. The molecule has 0 amide bonds. The van der Waals surface area contributed by atoms with Crippen LogP contribution < -0.4 is 4.74 Å². The lowest BCUT2D eigenvalue weighted by molar-refractivity contribution is 0.305. The number of aliphatic hydroxyl groups is 1. The minimum Gasteiger partial charge on any atom is -0.496 e. The zero-order valence-electron chi connectivity index (χ0n) is 12.6. The highest BCUT2D eigenvalue weighted by Crippen LogP contribution is 2.25. The Balaban J connectivity index is 2.71. The molecule has 0 fully saturated rings. The van der Waals surface area contributed by atoms with Crippen LogP contribution in [0.2, 0.25) is 0 Å². The summed E-state index contributed by atoms with van der Waals surface area (Å²) in [6.07, 6.45) is 1.74. The van der Waals surface area contributed by atoms with Crippen LogP contribution >= 0.6 is 11.8 Å². The van der Waals surface area contributed by atoms with Gasteiger partial charge in [0.1, 0.15) is 5.75 Å². The Hall–Kier alpha value is -1.11. The predicted molar refractivity (Wildman–Crippen MR) is 87.2 cm³/mol. The lowest BCUT2D eigenvalue weighted by atomic mass is 10.1. The molecular formula is C17H24O2S. The van der Waals surface area contributed by atoms with Crippen molar-refractivity contribution in [2.75, 3.05) is 19.5 Å². The second-order valence-electron chi connectivity index (χ2n) is 4.83. The maximum Gasteiger partial charge on any atom is 0.122 e. The molecule has 1 atom stereocenters. The van der Waals surface area contributed by atoms with Gasteiger partial charge < -0.3 is 9.84 Å². The van der Waals surface area contributed by atoms with Crippen LogP contribution in [0.25, 0.3) is 0 Å². The zero-order chi connectivity index (χ0) is 14.8. The highest BCUT2D eigenvalue weighted by molar-refractivity contribution is 7.98. The maximum absolute atomic E-state index is 8.75. The van der Waals surface area contributed by atoms with E-state index in [-0.39, 0.29) is 6.61 Å². The summed E-state index contributed by atoms with van der Waals surface area (Å²) >= 11 is 1.94. The number of thioether (sulfide) groups is 1. The van der Waals surface area contributed by atoms with Gasteiger partial charge in [-0.25, -0.2) is 0 Å². The van der Waals surface area contributed by atoms with Crippen molar-refractivity contribution in [2.24, 2.45) is 5.92 Å². The molecule has 1 aromatic rings. The molecule has 1 aromatic carbocycles. The molecular weight excluding hydrogens is 268 g/mol. The van der Waals surface area contributed by atoms with Crippen LogP contribution in [0, 0.1) is 17.8 Å². The van der Waals surface area contributed by atoms with E-state index < -0.39 is 0 Å². The molecule has 0 aromatic heterocycles. The second kappa shape index (κ2) is 9.74. The second-order valence-corrected chi connectivity index (χ2v) is 5.86. The molecule has 3 heteroatoms. The molecule has 0 saturated heterocycles. The van der Waals surface area contributed by atoms with Gasteiger partial charge in [-0.3, -0.25) is 0 Å². The van der Waals surface area contributed by atoms with E-state index >= 15 is 0 Å². The van der Waals surface area contributed by atoms with Crippen molar-refractivity contribution < 1.29 is 9.84 Å². The summed E-state index contributed by atoms with van der Waals surface area (Å²) in [5, 5.41) is 8.75. The molecule has 0 radical (unpaired) electrons. The quantitative estimate of drug-likeness (QED) is 0.777. The van der Waals surface area contributed by atoms with Crippen molar-refractivity contribution in [1.82, 2.24) is 0 Å². The third-order valence-electron chi connectivity index (χ3n) is 3.11. The normalized spacial score (nSPS) is 11.6. The Kier molecular flexibility index (Phi) is 8.25. The third-order valence-corrected chi connectivity index (χ3v) is 4.43. The first kappa shape index (κ1) is 16.9. The molecule has 1 unspecified atom stereocenters. The topological polar surface area (TPSA) is 29.5 Å². The molecule has 1 rings (SSSR count). The van der Waals surface area contributed by atoms with Crippen molar-refractivity contribution in [3.05, 3.63) is 29.3 Å². The molecule has 0 saturated carbocycles. The molecule has 2 nitrogen and oxygen atoms in total. The molecule has 0 aliphatic carbocycles. The van der Waals surface area contributed by atoms with Gasteiger partial charge in [-0.1, -0.05) is 32.1 Å². The fourth-order valence-corrected chi connectivity index (χ4v) is 2.88. The maximum atomic E-state index is 8.75. The first-order chi connectivity index (χ1) is 9.71. The average molecular weight is 292 g/mol. The average Bonchev–Trinajstić information content (AvgIpc) is 2.47. The fraction of sp³-hybridized carbons (Fsp3) is 0.529. The summed E-state index contributed by atoms with van der Waals surface area (Å²) in [4.78, 5) is 0. The number of benzene rings is 1. The molecule has 0 spiro atoms. The molecule has 0 aliphatic rings. The first-order valence-corrected chi connectivity index (χ1v) is 8.21. The van der Waals surface area contributed by atoms with E-state index in [0.717, 1.165) is 23.0 Å². The molecule has 20 heavy (non-hydrogen) atoms. The SMILES string of the molecule is CCC(C)CSCc1cc(C#CCCO)ccc1OC. The van der Waals surface area contributed by atoms with Gasteiger partial charge in [0.15, 0.2) is 0 Å². The molecule has 0 bridgehead atoms. The lowest BCUT2D eigenvalue weighted by Crippen LogP contribution is -1.97. The Morgan fingerprint density at radius 1 is 1.40 bits per heavy atom. The monoisotopic (exact) mass is 292 g/mol. The van der Waals surface area contributed by atoms with Crippen molar-refractivity contribution in [2.45, 2.75) is 32.4 Å². The van der Waals surface area contributed by atoms with E-state index in [9.17, 15) is 0 Å². The van der Waals surface area contributed by atoms with Gasteiger partial charge in [-0.2, -0.15) is 11.8 Å². The fourth-order valence-electron chi connectivity index (χ4n) is 1.68. The van der Waals surface area contributed by atoms with Crippen LogP contribution in [-0.4, -0.2) is 24.6 Å². The summed E-state index contributed by atoms with van der Waals surface area (Å²) in [5.41, 5.74) is 2.18. The molecule has 0 heterocycles. The third kappa shape index (κ3) is 5.90. The Labute approximate surface area is 126 Å². The number of ether oxygens (including phenoxy) is 1. The smallest absolute Gasteiger partial charge is 0.122 e. The number of methoxy groups -OCH3 is 1. The largest absolute Gasteiger partial charge is 0.496 e. The van der Waals surface area contributed by atoms with Gasteiger partial charge in [-0.15, -0.1) is 0 Å². The number of hydrogen-bond donors (Lipinski definition) is 1. The molecule has 110 valence electrons. The zero-order valence-corrected chi connectivity index (χ0v) is 13.4. The highest BCUT2D eigenvalue weighted by Gasteiger charge is 2.05. The number of rotatable bonds is 7. The summed E-state index contributed by atoms with van der Waals surface area (Å²) in [7, 11) is 1.70. The highest BCUT2D eigenvalue weighted by atomic mass is 32.2. The Morgan fingerprint density at radius 2 is 2.20 bits per heavy atom. The van der Waals surface area contributed by atoms with Crippen molar-refractivity contribution in [3.8, 4) is 17.6 Å². The number of aliphatic hydroxyl groups excluding tert-OH is 1. The van der Waals surface area contributed by atoms with Gasteiger partial charge in [0.25, 0.3) is 0 Å². The van der Waals surface area contributed by atoms with Gasteiger partial charge in [0.05, 0.1) is 13.7 Å². The Bertz CT molecular complexity index is 460. The predicted octanol–water partition coefficient (Wildman–Crippen LogP) is 3.71. The van der Waals surface area contributed by atoms with Crippen LogP contribution in [0.3, 0.4) is 0 Å². The summed E-state index contributed by atoms with van der Waals surface area (Å²) in [6.45, 7) is 4.62. The molecule has 1 N–H and O–H groups in total. The van der Waals surface area contributed by atoms with Crippen LogP contribution in [0.1, 0.15) is 37.8 Å². The summed E-state index contributed by atoms with van der Waals surface area (Å²) < 4.78 is 5.41. The minimum atomic E-state index is 0.112. The van der Waals surface area contributed by atoms with Crippen LogP contribution in [-0.2, 0) is 5.75 Å². The van der Waals surface area contributed by atoms with Gasteiger partial charge in [0, 0.05) is 23.3 Å². The van der Waals surface area contributed by atoms with Crippen LogP contribution in [0.5, 0.6) is 5.75 Å². The van der Waals surface area contributed by atoms with Crippen molar-refractivity contribution >= 4 is 11.8 Å². The number of hydrogen-bond acceptors (Lipinski definition) is 3. The van der Waals surface area contributed by atoms with Gasteiger partial charge in [-0.05, 0) is 29.9 Å². The lowest BCUT2D eigenvalue weighted by Gasteiger charge is -2.11. The minimum absolute atomic E-state index is 0.112. The van der Waals surface area contributed by atoms with Crippen LogP contribution in [0.4, 0.5) is 0 Å². The van der Waals surface area contributed by atoms with E-state index in [1.165, 1.54) is 17.7 Å². The summed E-state index contributed by atoms with van der Waals surface area (Å²) in [6, 6.07) is 6.03. The summed E-state index contributed by atoms with van der Waals surface area (Å²) in [5.74, 6) is 9.81. The van der Waals surface area contributed by atoms with E-state index in [0.29, 0.717) is 6.42 Å². The van der Waals surface area contributed by atoms with E-state index in [1.54, 1.807) is 7.11 Å².